The van der Waals surface area contributed by atoms with Crippen molar-refractivity contribution in [1.82, 2.24) is 19.9 Å². The fourth-order valence-corrected chi connectivity index (χ4v) is 9.63. The van der Waals surface area contributed by atoms with E-state index in [1.54, 1.807) is 0 Å². The van der Waals surface area contributed by atoms with Crippen LogP contribution in [0.25, 0.3) is 89.7 Å². The lowest BCUT2D eigenvalue weighted by molar-refractivity contribution is 0.801. The molecule has 274 valence electrons. The van der Waals surface area contributed by atoms with Crippen molar-refractivity contribution in [3.8, 4) is 78.8 Å². The Morgan fingerprint density at radius 1 is 0.305 bits per heavy atom. The molecule has 0 amide bonds. The lowest BCUT2D eigenvalue weighted by atomic mass is 9.69. The number of nitrogens with zero attached hydrogens (tertiary/aromatic N) is 4. The second-order valence-corrected chi connectivity index (χ2v) is 15.3. The number of fused-ring (bicyclic) bond motifs is 12. The van der Waals surface area contributed by atoms with Crippen LogP contribution in [0.15, 0.2) is 206 Å². The van der Waals surface area contributed by atoms with E-state index in [2.05, 4.69) is 146 Å². The van der Waals surface area contributed by atoms with Gasteiger partial charge in [0.2, 0.25) is 0 Å². The zero-order chi connectivity index (χ0) is 38.9. The number of para-hydroxylation sites is 1. The summed E-state index contributed by atoms with van der Waals surface area (Å²) in [6.07, 6.45) is 0. The van der Waals surface area contributed by atoms with E-state index < -0.39 is 5.41 Å². The summed E-state index contributed by atoms with van der Waals surface area (Å²) in [5, 5.41) is 1.19. The van der Waals surface area contributed by atoms with Crippen LogP contribution in [-0.2, 0) is 5.41 Å². The first-order valence-corrected chi connectivity index (χ1v) is 20.1. The molecule has 4 nitrogen and oxygen atoms in total. The van der Waals surface area contributed by atoms with E-state index >= 15 is 0 Å². The summed E-state index contributed by atoms with van der Waals surface area (Å²) in [5.74, 6) is 1.93. The van der Waals surface area contributed by atoms with Gasteiger partial charge in [-0.05, 0) is 62.2 Å². The average molecular weight is 751 g/mol. The second kappa shape index (κ2) is 13.1. The van der Waals surface area contributed by atoms with E-state index in [0.29, 0.717) is 17.5 Å². The minimum atomic E-state index is -0.466. The molecule has 2 aliphatic carbocycles. The summed E-state index contributed by atoms with van der Waals surface area (Å²) >= 11 is 0. The largest absolute Gasteiger partial charge is 0.247 e. The fraction of sp³-hybridized carbons (Fsp3) is 0.0182. The van der Waals surface area contributed by atoms with Crippen molar-refractivity contribution in [2.45, 2.75) is 5.41 Å². The maximum Gasteiger partial charge on any atom is 0.164 e. The molecular weight excluding hydrogens is 717 g/mol. The van der Waals surface area contributed by atoms with Crippen molar-refractivity contribution >= 4 is 10.9 Å². The molecule has 1 spiro atoms. The summed E-state index contributed by atoms with van der Waals surface area (Å²) in [5.41, 5.74) is 17.9. The van der Waals surface area contributed by atoms with Crippen molar-refractivity contribution in [2.24, 2.45) is 0 Å². The Morgan fingerprint density at radius 3 is 1.39 bits per heavy atom. The SMILES string of the molecule is c1ccc(-c2nc(-c3ccccc3)nc(-c3cccc(-c4ccc(-c5nc6ccccc6c6c5-c5ccccc5C65c6ccccc6-c6ccccc65)cc4)c3)n2)cc1. The zero-order valence-corrected chi connectivity index (χ0v) is 31.9. The fourth-order valence-electron chi connectivity index (χ4n) is 9.63. The van der Waals surface area contributed by atoms with Gasteiger partial charge in [-0.3, -0.25) is 0 Å². The predicted octanol–water partition coefficient (Wildman–Crippen LogP) is 13.1. The maximum absolute atomic E-state index is 5.48. The third-order valence-electron chi connectivity index (χ3n) is 12.1. The van der Waals surface area contributed by atoms with Gasteiger partial charge in [0.05, 0.1) is 16.6 Å². The molecule has 4 heteroatoms. The van der Waals surface area contributed by atoms with Gasteiger partial charge < -0.3 is 0 Å². The van der Waals surface area contributed by atoms with Gasteiger partial charge >= 0.3 is 0 Å². The van der Waals surface area contributed by atoms with E-state index in [1.807, 2.05) is 60.7 Å². The Kier molecular flexibility index (Phi) is 7.41. The molecule has 0 unspecified atom stereocenters. The van der Waals surface area contributed by atoms with Crippen LogP contribution in [0.2, 0.25) is 0 Å². The second-order valence-electron chi connectivity index (χ2n) is 15.3. The number of aromatic nitrogens is 4. The molecule has 10 aromatic rings. The topological polar surface area (TPSA) is 51.6 Å². The Hall–Kier alpha value is -7.82. The number of rotatable bonds is 5. The van der Waals surface area contributed by atoms with E-state index in [-0.39, 0.29) is 0 Å². The maximum atomic E-state index is 5.48. The highest BCUT2D eigenvalue weighted by Gasteiger charge is 2.53. The lowest BCUT2D eigenvalue weighted by Gasteiger charge is -2.31. The van der Waals surface area contributed by atoms with Crippen LogP contribution in [0.4, 0.5) is 0 Å². The smallest absolute Gasteiger partial charge is 0.164 e. The van der Waals surface area contributed by atoms with Crippen LogP contribution in [-0.4, -0.2) is 19.9 Å². The predicted molar refractivity (Wildman–Crippen MR) is 239 cm³/mol. The summed E-state index contributed by atoms with van der Waals surface area (Å²) in [7, 11) is 0. The van der Waals surface area contributed by atoms with Crippen LogP contribution < -0.4 is 0 Å². The Morgan fingerprint density at radius 2 is 0.763 bits per heavy atom. The standard InChI is InChI=1S/C55H34N4/c1-3-16-37(17-4-1)52-57-53(38-18-5-2-6-19-38)59-54(58-52)40-21-15-20-39(34-40)35-30-32-36(33-31-35)51-49-43-24-9-13-28-47(43)55(50(49)44-25-10-14-29-48(44)56-51)45-26-11-7-22-41(45)42-23-8-12-27-46(42)55/h1-34H. The van der Waals surface area contributed by atoms with Crippen LogP contribution in [0, 0.1) is 0 Å². The molecule has 8 aromatic carbocycles. The third-order valence-corrected chi connectivity index (χ3v) is 12.1. The van der Waals surface area contributed by atoms with Crippen molar-refractivity contribution in [3.63, 3.8) is 0 Å². The highest BCUT2D eigenvalue weighted by Crippen LogP contribution is 2.65. The van der Waals surface area contributed by atoms with Crippen LogP contribution in [0.1, 0.15) is 22.3 Å². The van der Waals surface area contributed by atoms with Crippen LogP contribution in [0.5, 0.6) is 0 Å². The van der Waals surface area contributed by atoms with Gasteiger partial charge in [0.15, 0.2) is 17.5 Å². The van der Waals surface area contributed by atoms with Gasteiger partial charge in [-0.25, -0.2) is 19.9 Å². The van der Waals surface area contributed by atoms with Crippen molar-refractivity contribution in [1.29, 1.82) is 0 Å². The lowest BCUT2D eigenvalue weighted by Crippen LogP contribution is -2.26. The highest BCUT2D eigenvalue weighted by atomic mass is 15.0. The van der Waals surface area contributed by atoms with Gasteiger partial charge in [0.25, 0.3) is 0 Å². The molecule has 2 aromatic heterocycles. The summed E-state index contributed by atoms with van der Waals surface area (Å²) in [6.45, 7) is 0. The quantitative estimate of drug-likeness (QED) is 0.176. The summed E-state index contributed by atoms with van der Waals surface area (Å²) in [6, 6.07) is 73.2. The van der Waals surface area contributed by atoms with E-state index in [9.17, 15) is 0 Å². The molecule has 0 aliphatic heterocycles. The molecular formula is C55H34N4. The molecule has 0 atom stereocenters. The first-order chi connectivity index (χ1) is 29.3. The molecule has 0 bridgehead atoms. The molecule has 59 heavy (non-hydrogen) atoms. The molecule has 0 saturated carbocycles. The number of hydrogen-bond donors (Lipinski definition) is 0. The van der Waals surface area contributed by atoms with Gasteiger partial charge in [-0.15, -0.1) is 0 Å². The molecule has 2 heterocycles. The Labute approximate surface area is 342 Å². The van der Waals surface area contributed by atoms with E-state index in [4.69, 9.17) is 19.9 Å². The van der Waals surface area contributed by atoms with Crippen LogP contribution in [0.3, 0.4) is 0 Å². The average Bonchev–Trinajstić information content (AvgIpc) is 3.80. The number of hydrogen-bond acceptors (Lipinski definition) is 4. The minimum absolute atomic E-state index is 0.466. The van der Waals surface area contributed by atoms with Gasteiger partial charge in [-0.2, -0.15) is 0 Å². The minimum Gasteiger partial charge on any atom is -0.247 e. The monoisotopic (exact) mass is 750 g/mol. The van der Waals surface area contributed by atoms with Crippen molar-refractivity contribution in [2.75, 3.05) is 0 Å². The van der Waals surface area contributed by atoms with Crippen molar-refractivity contribution in [3.05, 3.63) is 229 Å². The number of benzene rings is 8. The molecule has 12 rings (SSSR count). The normalized spacial score (nSPS) is 12.9. The van der Waals surface area contributed by atoms with Gasteiger partial charge in [0.1, 0.15) is 0 Å². The van der Waals surface area contributed by atoms with Gasteiger partial charge in [0, 0.05) is 33.2 Å². The molecule has 2 aliphatic rings. The molecule has 0 fully saturated rings. The highest BCUT2D eigenvalue weighted by molar-refractivity contribution is 6.06. The van der Waals surface area contributed by atoms with Gasteiger partial charge in [-0.1, -0.05) is 194 Å². The molecule has 0 saturated heterocycles. The zero-order valence-electron chi connectivity index (χ0n) is 31.9. The van der Waals surface area contributed by atoms with Crippen LogP contribution >= 0.6 is 0 Å². The molecule has 0 radical (unpaired) electrons. The van der Waals surface area contributed by atoms with Crippen molar-refractivity contribution < 1.29 is 0 Å². The van der Waals surface area contributed by atoms with E-state index in [1.165, 1.54) is 49.9 Å². The number of pyridine rings is 1. The first kappa shape index (κ1) is 33.3. The van der Waals surface area contributed by atoms with E-state index in [0.717, 1.165) is 44.6 Å². The summed E-state index contributed by atoms with van der Waals surface area (Å²) < 4.78 is 0. The first-order valence-electron chi connectivity index (χ1n) is 20.1. The third kappa shape index (κ3) is 5.03. The Balaban J connectivity index is 1.00. The Bertz CT molecular complexity index is 3160. The summed E-state index contributed by atoms with van der Waals surface area (Å²) in [4.78, 5) is 20.4. The molecule has 0 N–H and O–H groups in total.